The van der Waals surface area contributed by atoms with E-state index in [1.807, 2.05) is 31.2 Å². The van der Waals surface area contributed by atoms with Gasteiger partial charge in [0.1, 0.15) is 12.9 Å². The lowest BCUT2D eigenvalue weighted by atomic mass is 10.1. The van der Waals surface area contributed by atoms with Crippen molar-refractivity contribution in [2.45, 2.75) is 13.0 Å². The van der Waals surface area contributed by atoms with Crippen molar-refractivity contribution in [2.24, 2.45) is 5.73 Å². The van der Waals surface area contributed by atoms with Gasteiger partial charge in [0, 0.05) is 0 Å². The number of primary amides is 1. The Morgan fingerprint density at radius 3 is 3.11 bits per heavy atom. The monoisotopic (exact) mass is 262 g/mol. The van der Waals surface area contributed by atoms with Crippen LogP contribution in [0.5, 0.6) is 0 Å². The quantitative estimate of drug-likeness (QED) is 0.694. The van der Waals surface area contributed by atoms with Crippen LogP contribution in [0, 0.1) is 0 Å². The largest absolute Gasteiger partial charge is 0.368 e. The lowest BCUT2D eigenvalue weighted by Crippen LogP contribution is -2.26. The Balaban J connectivity index is 2.04. The van der Waals surface area contributed by atoms with Crippen LogP contribution in [-0.4, -0.2) is 32.7 Å². The summed E-state index contributed by atoms with van der Waals surface area (Å²) in [6.07, 6.45) is 1.51. The molecule has 0 saturated carbocycles. The van der Waals surface area contributed by atoms with Gasteiger partial charge in [0.15, 0.2) is 0 Å². The zero-order valence-electron chi connectivity index (χ0n) is 10.4. The Labute approximate surface area is 109 Å². The highest BCUT2D eigenvalue weighted by Crippen LogP contribution is 2.15. The van der Waals surface area contributed by atoms with Gasteiger partial charge in [-0.1, -0.05) is 12.1 Å². The maximum Gasteiger partial charge on any atom is 0.245 e. The van der Waals surface area contributed by atoms with E-state index < -0.39 is 5.91 Å². The second kappa shape index (κ2) is 6.03. The predicted octanol–water partition coefficient (Wildman–Crippen LogP) is -0.270. The molecule has 1 aromatic carbocycles. The standard InChI is InChI=1S/C11H14N6O2/c1-8(14-19-6-11(12)18)9-3-2-4-10(5-9)17-7-13-15-16-17/h2-5,7-8,14H,6H2,1H3,(H2,12,18). The predicted molar refractivity (Wildman–Crippen MR) is 65.9 cm³/mol. The molecule has 0 saturated heterocycles. The van der Waals surface area contributed by atoms with E-state index in [0.29, 0.717) is 0 Å². The van der Waals surface area contributed by atoms with Crippen LogP contribution in [0.1, 0.15) is 18.5 Å². The molecule has 2 aromatic rings. The van der Waals surface area contributed by atoms with Gasteiger partial charge in [0.05, 0.1) is 11.7 Å². The van der Waals surface area contributed by atoms with Crippen molar-refractivity contribution < 1.29 is 9.63 Å². The number of nitrogens with zero attached hydrogens (tertiary/aromatic N) is 4. The molecule has 1 amide bonds. The highest BCUT2D eigenvalue weighted by Gasteiger charge is 2.07. The summed E-state index contributed by atoms with van der Waals surface area (Å²) in [5.41, 5.74) is 9.53. The topological polar surface area (TPSA) is 108 Å². The molecule has 0 radical (unpaired) electrons. The average Bonchev–Trinajstić information content (AvgIpc) is 2.92. The number of amides is 1. The number of nitrogens with one attached hydrogen (secondary N) is 1. The van der Waals surface area contributed by atoms with Gasteiger partial charge in [-0.3, -0.25) is 9.63 Å². The van der Waals surface area contributed by atoms with Crippen LogP contribution in [0.3, 0.4) is 0 Å². The van der Waals surface area contributed by atoms with E-state index >= 15 is 0 Å². The third kappa shape index (κ3) is 3.57. The summed E-state index contributed by atoms with van der Waals surface area (Å²) in [5, 5.41) is 11.0. The molecule has 0 aliphatic heterocycles. The van der Waals surface area contributed by atoms with Crippen molar-refractivity contribution >= 4 is 5.91 Å². The molecule has 3 N–H and O–H groups in total. The van der Waals surface area contributed by atoms with Gasteiger partial charge in [0.25, 0.3) is 0 Å². The zero-order chi connectivity index (χ0) is 13.7. The molecular weight excluding hydrogens is 248 g/mol. The third-order valence-electron chi connectivity index (χ3n) is 2.46. The van der Waals surface area contributed by atoms with Gasteiger partial charge in [-0.2, -0.15) is 5.48 Å². The molecular formula is C11H14N6O2. The molecule has 19 heavy (non-hydrogen) atoms. The first-order valence-corrected chi connectivity index (χ1v) is 5.66. The highest BCUT2D eigenvalue weighted by atomic mass is 16.6. The molecule has 1 unspecified atom stereocenters. The van der Waals surface area contributed by atoms with Gasteiger partial charge < -0.3 is 5.73 Å². The third-order valence-corrected chi connectivity index (χ3v) is 2.46. The Morgan fingerprint density at radius 2 is 2.42 bits per heavy atom. The van der Waals surface area contributed by atoms with Crippen molar-refractivity contribution in [3.8, 4) is 5.69 Å². The molecule has 0 aliphatic carbocycles. The average molecular weight is 262 g/mol. The van der Waals surface area contributed by atoms with Crippen LogP contribution in [0.2, 0.25) is 0 Å². The van der Waals surface area contributed by atoms with E-state index in [9.17, 15) is 4.79 Å². The first-order chi connectivity index (χ1) is 9.16. The fourth-order valence-corrected chi connectivity index (χ4v) is 1.52. The summed E-state index contributed by atoms with van der Waals surface area (Å²) in [7, 11) is 0. The van der Waals surface area contributed by atoms with Crippen molar-refractivity contribution in [1.82, 2.24) is 25.7 Å². The zero-order valence-corrected chi connectivity index (χ0v) is 10.4. The minimum absolute atomic E-state index is 0.101. The van der Waals surface area contributed by atoms with Crippen LogP contribution in [-0.2, 0) is 9.63 Å². The van der Waals surface area contributed by atoms with E-state index in [4.69, 9.17) is 10.6 Å². The second-order valence-electron chi connectivity index (χ2n) is 3.94. The molecule has 1 aromatic heterocycles. The molecule has 100 valence electrons. The summed E-state index contributed by atoms with van der Waals surface area (Å²) in [6, 6.07) is 7.52. The van der Waals surface area contributed by atoms with Crippen molar-refractivity contribution in [3.63, 3.8) is 0 Å². The van der Waals surface area contributed by atoms with Crippen molar-refractivity contribution in [1.29, 1.82) is 0 Å². The molecule has 8 heteroatoms. The summed E-state index contributed by atoms with van der Waals surface area (Å²) in [4.78, 5) is 15.5. The molecule has 1 atom stereocenters. The Hall–Kier alpha value is -2.32. The molecule has 2 rings (SSSR count). The number of tetrazole rings is 1. The number of hydrogen-bond donors (Lipinski definition) is 2. The van der Waals surface area contributed by atoms with Gasteiger partial charge in [-0.15, -0.1) is 5.10 Å². The number of hydrogen-bond acceptors (Lipinski definition) is 6. The first kappa shape index (κ1) is 13.1. The molecule has 0 spiro atoms. The number of carbonyl (C=O) groups excluding carboxylic acids is 1. The molecule has 0 bridgehead atoms. The Morgan fingerprint density at radius 1 is 1.58 bits per heavy atom. The summed E-state index contributed by atoms with van der Waals surface area (Å²) in [5.74, 6) is -0.526. The van der Waals surface area contributed by atoms with Gasteiger partial charge in [0.2, 0.25) is 5.91 Å². The molecule has 0 fully saturated rings. The lowest BCUT2D eigenvalue weighted by Gasteiger charge is -2.14. The van der Waals surface area contributed by atoms with Crippen LogP contribution < -0.4 is 11.2 Å². The van der Waals surface area contributed by atoms with Crippen LogP contribution in [0.25, 0.3) is 5.69 Å². The van der Waals surface area contributed by atoms with E-state index in [1.54, 1.807) is 4.68 Å². The minimum Gasteiger partial charge on any atom is -0.368 e. The van der Waals surface area contributed by atoms with Gasteiger partial charge in [-0.25, -0.2) is 4.68 Å². The first-order valence-electron chi connectivity index (χ1n) is 5.66. The number of hydroxylamine groups is 1. The molecule has 8 nitrogen and oxygen atoms in total. The fraction of sp³-hybridized carbons (Fsp3) is 0.273. The maximum atomic E-state index is 10.6. The van der Waals surface area contributed by atoms with Crippen LogP contribution >= 0.6 is 0 Å². The van der Waals surface area contributed by atoms with E-state index in [2.05, 4.69) is 21.0 Å². The number of carbonyl (C=O) groups is 1. The Bertz CT molecular complexity index is 542. The summed E-state index contributed by atoms with van der Waals surface area (Å²) < 4.78 is 1.56. The highest BCUT2D eigenvalue weighted by molar-refractivity contribution is 5.74. The van der Waals surface area contributed by atoms with Crippen molar-refractivity contribution in [3.05, 3.63) is 36.2 Å². The lowest BCUT2D eigenvalue weighted by molar-refractivity contribution is -0.126. The number of aromatic nitrogens is 4. The number of benzene rings is 1. The molecule has 0 aliphatic rings. The molecule has 1 heterocycles. The fourth-order valence-electron chi connectivity index (χ4n) is 1.52. The van der Waals surface area contributed by atoms with E-state index in [-0.39, 0.29) is 12.6 Å². The normalized spacial score (nSPS) is 12.3. The summed E-state index contributed by atoms with van der Waals surface area (Å²) in [6.45, 7) is 1.73. The van der Waals surface area contributed by atoms with Gasteiger partial charge >= 0.3 is 0 Å². The number of rotatable bonds is 6. The minimum atomic E-state index is -0.526. The smallest absolute Gasteiger partial charge is 0.245 e. The summed E-state index contributed by atoms with van der Waals surface area (Å²) >= 11 is 0. The van der Waals surface area contributed by atoms with E-state index in [0.717, 1.165) is 11.3 Å². The Kier molecular flexibility index (Phi) is 4.16. The SMILES string of the molecule is CC(NOCC(N)=O)c1cccc(-n2cnnn2)c1. The van der Waals surface area contributed by atoms with Crippen LogP contribution in [0.15, 0.2) is 30.6 Å². The maximum absolute atomic E-state index is 10.6. The number of nitrogens with two attached hydrogens (primary N) is 1. The van der Waals surface area contributed by atoms with E-state index in [1.165, 1.54) is 6.33 Å². The van der Waals surface area contributed by atoms with Gasteiger partial charge in [-0.05, 0) is 35.0 Å². The second-order valence-corrected chi connectivity index (χ2v) is 3.94. The van der Waals surface area contributed by atoms with Crippen LogP contribution in [0.4, 0.5) is 0 Å². The van der Waals surface area contributed by atoms with Crippen molar-refractivity contribution in [2.75, 3.05) is 6.61 Å².